The highest BCUT2D eigenvalue weighted by Crippen LogP contribution is 2.43. The second-order valence-electron chi connectivity index (χ2n) is 8.18. The van der Waals surface area contributed by atoms with Crippen LogP contribution in [0.15, 0.2) is 36.4 Å². The smallest absolute Gasteiger partial charge is 0.229 e. The molecule has 2 aromatic rings. The van der Waals surface area contributed by atoms with Gasteiger partial charge in [-0.2, -0.15) is 0 Å². The number of aliphatic hydroxyl groups is 3. The molecule has 32 heavy (non-hydrogen) atoms. The number of methoxy groups -OCH3 is 1. The van der Waals surface area contributed by atoms with Crippen LogP contribution in [0.2, 0.25) is 0 Å². The average Bonchev–Trinajstić information content (AvgIpc) is 2.79. The van der Waals surface area contributed by atoms with Crippen LogP contribution in [0.1, 0.15) is 47.4 Å². The molecule has 4 rings (SSSR count). The molecule has 2 aliphatic rings. The van der Waals surface area contributed by atoms with E-state index in [1.165, 1.54) is 13.2 Å². The van der Waals surface area contributed by atoms with E-state index >= 15 is 0 Å². The van der Waals surface area contributed by atoms with E-state index in [0.29, 0.717) is 17.9 Å². The summed E-state index contributed by atoms with van der Waals surface area (Å²) in [6.07, 6.45) is -6.13. The van der Waals surface area contributed by atoms with Crippen molar-refractivity contribution in [2.75, 3.05) is 7.11 Å². The molecule has 0 saturated carbocycles. The zero-order valence-corrected chi connectivity index (χ0v) is 18.2. The van der Waals surface area contributed by atoms with E-state index in [9.17, 15) is 20.1 Å². The minimum Gasteiger partial charge on any atom is -0.496 e. The number of ketones is 1. The zero-order chi connectivity index (χ0) is 23.0. The van der Waals surface area contributed by atoms with Crippen LogP contribution >= 0.6 is 0 Å². The Morgan fingerprint density at radius 2 is 1.78 bits per heavy atom. The van der Waals surface area contributed by atoms with E-state index in [-0.39, 0.29) is 23.5 Å². The fourth-order valence-corrected chi connectivity index (χ4v) is 4.05. The van der Waals surface area contributed by atoms with Gasteiger partial charge >= 0.3 is 0 Å². The number of Topliss-reactive ketones (excluding diaryl/α,β-unsaturated/α-hetero) is 1. The average molecular weight is 444 g/mol. The van der Waals surface area contributed by atoms with Gasteiger partial charge in [-0.25, -0.2) is 0 Å². The van der Waals surface area contributed by atoms with E-state index in [2.05, 4.69) is 0 Å². The monoisotopic (exact) mass is 444 g/mol. The summed E-state index contributed by atoms with van der Waals surface area (Å²) in [6, 6.07) is 10.9. The molecule has 1 saturated heterocycles. The Balaban J connectivity index is 1.65. The molecule has 8 nitrogen and oxygen atoms in total. The maximum absolute atomic E-state index is 13.1. The molecular formula is C24H28O8. The number of rotatable bonds is 5. The van der Waals surface area contributed by atoms with Crippen LogP contribution in [-0.4, -0.2) is 58.9 Å². The van der Waals surface area contributed by atoms with E-state index in [1.807, 2.05) is 31.2 Å². The molecule has 0 radical (unpaired) electrons. The SMILES string of the molecule is CCC1OC(Oc2cc(OC)cc3c2C(=O)CC(c2ccc(C)cc2)O3)C(O)C(O)C1O. The van der Waals surface area contributed by atoms with Crippen molar-refractivity contribution in [3.8, 4) is 17.2 Å². The Morgan fingerprint density at radius 3 is 2.44 bits per heavy atom. The number of aliphatic hydroxyl groups excluding tert-OH is 3. The summed E-state index contributed by atoms with van der Waals surface area (Å²) in [7, 11) is 1.48. The fourth-order valence-electron chi connectivity index (χ4n) is 4.05. The summed E-state index contributed by atoms with van der Waals surface area (Å²) in [6.45, 7) is 3.77. The molecule has 0 spiro atoms. The Kier molecular flexibility index (Phi) is 6.39. The Morgan fingerprint density at radius 1 is 1.06 bits per heavy atom. The van der Waals surface area contributed by atoms with Crippen LogP contribution in [0, 0.1) is 6.92 Å². The van der Waals surface area contributed by atoms with Crippen molar-refractivity contribution in [1.82, 2.24) is 0 Å². The van der Waals surface area contributed by atoms with E-state index in [1.54, 1.807) is 13.0 Å². The van der Waals surface area contributed by atoms with Gasteiger partial charge in [0.05, 0.1) is 19.6 Å². The van der Waals surface area contributed by atoms with Gasteiger partial charge in [0.1, 0.15) is 47.2 Å². The fraction of sp³-hybridized carbons (Fsp3) is 0.458. The largest absolute Gasteiger partial charge is 0.496 e. The molecule has 2 heterocycles. The standard InChI is InChI=1S/C24H28O8/c1-4-16-21(26)22(27)23(28)24(31-16)32-19-10-14(29-3)9-18-20(19)15(25)11-17(30-18)13-7-5-12(2)6-8-13/h5-10,16-17,21-24,26-28H,4,11H2,1-3H3. The van der Waals surface area contributed by atoms with Gasteiger partial charge in [0.15, 0.2) is 5.78 Å². The molecule has 0 aromatic heterocycles. The van der Waals surface area contributed by atoms with Gasteiger partial charge < -0.3 is 34.3 Å². The van der Waals surface area contributed by atoms with Crippen LogP contribution in [0.5, 0.6) is 17.2 Å². The third kappa shape index (κ3) is 4.19. The number of ether oxygens (including phenoxy) is 4. The highest BCUT2D eigenvalue weighted by Gasteiger charge is 2.45. The molecule has 2 aliphatic heterocycles. The minimum atomic E-state index is -1.51. The van der Waals surface area contributed by atoms with Crippen LogP contribution in [-0.2, 0) is 4.74 Å². The summed E-state index contributed by atoms with van der Waals surface area (Å²) in [5, 5.41) is 30.7. The Labute approximate surface area is 186 Å². The molecular weight excluding hydrogens is 416 g/mol. The van der Waals surface area contributed by atoms with Gasteiger partial charge in [0.2, 0.25) is 6.29 Å². The number of aryl methyl sites for hydroxylation is 1. The van der Waals surface area contributed by atoms with E-state index in [4.69, 9.17) is 18.9 Å². The summed E-state index contributed by atoms with van der Waals surface area (Å²) < 4.78 is 23.0. The van der Waals surface area contributed by atoms with Crippen molar-refractivity contribution in [2.45, 2.75) is 63.5 Å². The molecule has 0 bridgehead atoms. The molecule has 8 heteroatoms. The summed E-state index contributed by atoms with van der Waals surface area (Å²) in [5.74, 6) is 0.634. The molecule has 0 amide bonds. The Hall–Kier alpha value is -2.65. The van der Waals surface area contributed by atoms with Gasteiger partial charge in [-0.15, -0.1) is 0 Å². The van der Waals surface area contributed by atoms with Crippen LogP contribution in [0.25, 0.3) is 0 Å². The number of carbonyl (C=O) groups excluding carboxylic acids is 1. The number of benzene rings is 2. The first kappa shape index (κ1) is 22.5. The van der Waals surface area contributed by atoms with Crippen molar-refractivity contribution in [2.24, 2.45) is 0 Å². The van der Waals surface area contributed by atoms with E-state index < -0.39 is 36.8 Å². The maximum Gasteiger partial charge on any atom is 0.229 e. The van der Waals surface area contributed by atoms with Crippen LogP contribution in [0.3, 0.4) is 0 Å². The number of hydrogen-bond donors (Lipinski definition) is 3. The summed E-state index contributed by atoms with van der Waals surface area (Å²) >= 11 is 0. The van der Waals surface area contributed by atoms with Gasteiger partial charge in [0.25, 0.3) is 0 Å². The molecule has 3 N–H and O–H groups in total. The first-order valence-electron chi connectivity index (χ1n) is 10.7. The number of hydrogen-bond acceptors (Lipinski definition) is 8. The van der Waals surface area contributed by atoms with Crippen molar-refractivity contribution < 1.29 is 39.1 Å². The lowest BCUT2D eigenvalue weighted by Gasteiger charge is -2.40. The lowest BCUT2D eigenvalue weighted by molar-refractivity contribution is -0.272. The predicted octanol–water partition coefficient (Wildman–Crippen LogP) is 2.31. The molecule has 0 aliphatic carbocycles. The van der Waals surface area contributed by atoms with Crippen LogP contribution in [0.4, 0.5) is 0 Å². The number of fused-ring (bicyclic) bond motifs is 1. The molecule has 6 atom stereocenters. The predicted molar refractivity (Wildman–Crippen MR) is 114 cm³/mol. The highest BCUT2D eigenvalue weighted by atomic mass is 16.7. The second-order valence-corrected chi connectivity index (χ2v) is 8.18. The third-order valence-electron chi connectivity index (χ3n) is 5.96. The van der Waals surface area contributed by atoms with Gasteiger partial charge in [-0.3, -0.25) is 4.79 Å². The molecule has 172 valence electrons. The maximum atomic E-state index is 13.1. The van der Waals surface area contributed by atoms with Crippen molar-refractivity contribution in [3.05, 3.63) is 53.1 Å². The number of carbonyl (C=O) groups is 1. The summed E-state index contributed by atoms with van der Waals surface area (Å²) in [4.78, 5) is 13.1. The molecule has 2 aromatic carbocycles. The van der Waals surface area contributed by atoms with Crippen molar-refractivity contribution >= 4 is 5.78 Å². The minimum absolute atomic E-state index is 0.117. The first-order valence-corrected chi connectivity index (χ1v) is 10.7. The lowest BCUT2D eigenvalue weighted by atomic mass is 9.94. The van der Waals surface area contributed by atoms with Gasteiger partial charge in [-0.1, -0.05) is 36.8 Å². The van der Waals surface area contributed by atoms with E-state index in [0.717, 1.165) is 11.1 Å². The zero-order valence-electron chi connectivity index (χ0n) is 18.2. The molecule has 6 unspecified atom stereocenters. The Bertz CT molecular complexity index is 971. The topological polar surface area (TPSA) is 115 Å². The first-order chi connectivity index (χ1) is 15.3. The second kappa shape index (κ2) is 9.07. The lowest BCUT2D eigenvalue weighted by Crippen LogP contribution is -2.59. The third-order valence-corrected chi connectivity index (χ3v) is 5.96. The summed E-state index contributed by atoms with van der Waals surface area (Å²) in [5.41, 5.74) is 2.21. The van der Waals surface area contributed by atoms with Gasteiger partial charge in [-0.05, 0) is 18.9 Å². The highest BCUT2D eigenvalue weighted by molar-refractivity contribution is 6.02. The van der Waals surface area contributed by atoms with Crippen molar-refractivity contribution in [1.29, 1.82) is 0 Å². The quantitative estimate of drug-likeness (QED) is 0.644. The van der Waals surface area contributed by atoms with Crippen molar-refractivity contribution in [3.63, 3.8) is 0 Å². The molecule has 1 fully saturated rings. The van der Waals surface area contributed by atoms with Crippen LogP contribution < -0.4 is 14.2 Å². The van der Waals surface area contributed by atoms with Gasteiger partial charge in [0, 0.05) is 12.1 Å². The normalized spacial score (nSPS) is 29.8.